The first kappa shape index (κ1) is 27.6. The van der Waals surface area contributed by atoms with Gasteiger partial charge in [0.05, 0.1) is 31.5 Å². The Hall–Kier alpha value is -3.02. The fraction of sp³-hybridized carbons (Fsp3) is 0.250. The lowest BCUT2D eigenvalue weighted by atomic mass is 10.2. The summed E-state index contributed by atoms with van der Waals surface area (Å²) in [5.74, 6) is 1.45. The Morgan fingerprint density at radius 3 is 2.61 bits per heavy atom. The number of thioether (sulfide) groups is 1. The third-order valence-corrected chi connectivity index (χ3v) is 7.10. The van der Waals surface area contributed by atoms with Crippen molar-refractivity contribution in [1.82, 2.24) is 20.1 Å². The van der Waals surface area contributed by atoms with E-state index in [0.29, 0.717) is 39.7 Å². The fourth-order valence-corrected chi connectivity index (χ4v) is 4.38. The first-order chi connectivity index (χ1) is 17.3. The molecule has 0 aliphatic rings. The van der Waals surface area contributed by atoms with E-state index in [1.54, 1.807) is 50.6 Å². The number of nitrogens with one attached hydrogen (secondary N) is 2. The minimum atomic E-state index is -0.280. The van der Waals surface area contributed by atoms with Crippen molar-refractivity contribution in [2.24, 2.45) is 0 Å². The molecule has 2 aromatic carbocycles. The lowest BCUT2D eigenvalue weighted by molar-refractivity contribution is -0.116. The smallest absolute Gasteiger partial charge is 0.244 e. The van der Waals surface area contributed by atoms with Crippen molar-refractivity contribution in [1.29, 1.82) is 0 Å². The van der Waals surface area contributed by atoms with Gasteiger partial charge in [0.2, 0.25) is 11.8 Å². The molecule has 0 fully saturated rings. The monoisotopic (exact) mass is 593 g/mol. The maximum Gasteiger partial charge on any atom is 0.244 e. The van der Waals surface area contributed by atoms with Crippen LogP contribution in [0.2, 0.25) is 5.02 Å². The molecule has 2 N–H and O–H groups in total. The number of hydrogen-bond donors (Lipinski definition) is 2. The molecule has 0 spiro atoms. The van der Waals surface area contributed by atoms with E-state index < -0.39 is 0 Å². The summed E-state index contributed by atoms with van der Waals surface area (Å²) in [6, 6.07) is 10.6. The average molecular weight is 595 g/mol. The van der Waals surface area contributed by atoms with Gasteiger partial charge in [-0.2, -0.15) is 0 Å². The van der Waals surface area contributed by atoms with Crippen molar-refractivity contribution in [2.45, 2.75) is 25.2 Å². The summed E-state index contributed by atoms with van der Waals surface area (Å²) in [4.78, 5) is 24.7. The van der Waals surface area contributed by atoms with Crippen molar-refractivity contribution in [3.05, 3.63) is 63.4 Å². The van der Waals surface area contributed by atoms with Gasteiger partial charge in [-0.25, -0.2) is 0 Å². The number of aromatic nitrogens is 3. The molecule has 1 heterocycles. The SMILES string of the molecule is CCn1c(CNC(=O)/C=C/c2ccc(OC)c(OC)c2)nnc1SCC(=O)Nc1ccc(Br)c(Cl)c1. The lowest BCUT2D eigenvalue weighted by Crippen LogP contribution is -2.22. The van der Waals surface area contributed by atoms with Crippen LogP contribution in [0.5, 0.6) is 11.5 Å². The predicted molar refractivity (Wildman–Crippen MR) is 145 cm³/mol. The number of carbonyl (C=O) groups is 2. The molecule has 3 aromatic rings. The molecule has 3 rings (SSSR count). The van der Waals surface area contributed by atoms with Crippen molar-refractivity contribution in [2.75, 3.05) is 25.3 Å². The van der Waals surface area contributed by atoms with Crippen molar-refractivity contribution in [3.8, 4) is 11.5 Å². The lowest BCUT2D eigenvalue weighted by Gasteiger charge is -2.09. The average Bonchev–Trinajstić information content (AvgIpc) is 3.28. The number of halogens is 2. The number of amides is 2. The maximum atomic E-state index is 12.3. The second-order valence-corrected chi connectivity index (χ2v) is 9.48. The zero-order valence-electron chi connectivity index (χ0n) is 19.9. The highest BCUT2D eigenvalue weighted by Crippen LogP contribution is 2.28. The van der Waals surface area contributed by atoms with Crippen molar-refractivity contribution >= 4 is 62.9 Å². The van der Waals surface area contributed by atoms with Gasteiger partial charge in [0.1, 0.15) is 0 Å². The largest absolute Gasteiger partial charge is 0.493 e. The topological polar surface area (TPSA) is 107 Å². The summed E-state index contributed by atoms with van der Waals surface area (Å²) in [6.07, 6.45) is 3.11. The summed E-state index contributed by atoms with van der Waals surface area (Å²) in [6.45, 7) is 2.73. The van der Waals surface area contributed by atoms with Gasteiger partial charge in [0, 0.05) is 22.8 Å². The molecule has 0 aliphatic heterocycles. The Kier molecular flexibility index (Phi) is 10.2. The molecular formula is C24H25BrClN5O4S. The number of benzene rings is 2. The summed E-state index contributed by atoms with van der Waals surface area (Å²) >= 11 is 10.7. The zero-order chi connectivity index (χ0) is 26.1. The van der Waals surface area contributed by atoms with Crippen LogP contribution in [0.3, 0.4) is 0 Å². The molecule has 1 aromatic heterocycles. The molecule has 0 bridgehead atoms. The third kappa shape index (κ3) is 7.49. The minimum Gasteiger partial charge on any atom is -0.493 e. The molecule has 36 heavy (non-hydrogen) atoms. The van der Waals surface area contributed by atoms with Crippen LogP contribution in [-0.4, -0.2) is 46.6 Å². The van der Waals surface area contributed by atoms with Crippen LogP contribution in [0.1, 0.15) is 18.3 Å². The fourth-order valence-electron chi connectivity index (χ4n) is 3.13. The van der Waals surface area contributed by atoms with Gasteiger partial charge in [-0.05, 0) is 64.8 Å². The Labute approximate surface area is 226 Å². The molecule has 0 aliphatic carbocycles. The molecule has 12 heteroatoms. The van der Waals surface area contributed by atoms with Gasteiger partial charge in [-0.15, -0.1) is 10.2 Å². The number of nitrogens with zero attached hydrogens (tertiary/aromatic N) is 3. The second-order valence-electron chi connectivity index (χ2n) is 7.27. The van der Waals surface area contributed by atoms with Crippen molar-refractivity contribution in [3.63, 3.8) is 0 Å². The number of anilines is 1. The van der Waals surface area contributed by atoms with E-state index >= 15 is 0 Å². The van der Waals surface area contributed by atoms with Crippen LogP contribution in [0.4, 0.5) is 5.69 Å². The molecule has 2 amide bonds. The van der Waals surface area contributed by atoms with Crippen LogP contribution in [-0.2, 0) is 22.7 Å². The molecular weight excluding hydrogens is 570 g/mol. The Balaban J connectivity index is 1.54. The van der Waals surface area contributed by atoms with E-state index in [4.69, 9.17) is 21.1 Å². The van der Waals surface area contributed by atoms with Crippen LogP contribution in [0, 0.1) is 0 Å². The maximum absolute atomic E-state index is 12.3. The van der Waals surface area contributed by atoms with E-state index in [1.807, 2.05) is 17.6 Å². The predicted octanol–water partition coefficient (Wildman–Crippen LogP) is 4.79. The number of hydrogen-bond acceptors (Lipinski definition) is 7. The number of methoxy groups -OCH3 is 2. The molecule has 9 nitrogen and oxygen atoms in total. The molecule has 0 atom stereocenters. The number of ether oxygens (including phenoxy) is 2. The first-order valence-corrected chi connectivity index (χ1v) is 13.0. The summed E-state index contributed by atoms with van der Waals surface area (Å²) in [5.41, 5.74) is 1.40. The highest BCUT2D eigenvalue weighted by atomic mass is 79.9. The first-order valence-electron chi connectivity index (χ1n) is 10.8. The summed E-state index contributed by atoms with van der Waals surface area (Å²) in [5, 5.41) is 15.1. The zero-order valence-corrected chi connectivity index (χ0v) is 23.0. The van der Waals surface area contributed by atoms with Crippen LogP contribution in [0.15, 0.2) is 52.1 Å². The number of rotatable bonds is 11. The van der Waals surface area contributed by atoms with E-state index in [0.717, 1.165) is 10.0 Å². The summed E-state index contributed by atoms with van der Waals surface area (Å²) in [7, 11) is 3.12. The van der Waals surface area contributed by atoms with Crippen LogP contribution < -0.4 is 20.1 Å². The Morgan fingerprint density at radius 2 is 1.92 bits per heavy atom. The van der Waals surface area contributed by atoms with E-state index in [-0.39, 0.29) is 24.1 Å². The minimum absolute atomic E-state index is 0.145. The molecule has 0 saturated carbocycles. The Bertz CT molecular complexity index is 1270. The Morgan fingerprint density at radius 1 is 1.14 bits per heavy atom. The number of carbonyl (C=O) groups excluding carboxylic acids is 2. The van der Waals surface area contributed by atoms with Gasteiger partial charge in [-0.1, -0.05) is 29.4 Å². The standard InChI is InChI=1S/C24H25BrClN5O4S/c1-4-31-21(13-27-22(32)10-6-15-5-9-19(34-2)20(11-15)35-3)29-30-24(31)36-14-23(33)28-16-7-8-17(25)18(26)12-16/h5-12H,4,13-14H2,1-3H3,(H,27,32)(H,28,33)/b10-6+. The highest BCUT2D eigenvalue weighted by molar-refractivity contribution is 9.10. The molecule has 0 unspecified atom stereocenters. The van der Waals surface area contributed by atoms with Gasteiger partial charge in [0.25, 0.3) is 0 Å². The normalized spacial score (nSPS) is 10.9. The van der Waals surface area contributed by atoms with Crippen LogP contribution >= 0.6 is 39.3 Å². The highest BCUT2D eigenvalue weighted by Gasteiger charge is 2.14. The van der Waals surface area contributed by atoms with E-state index in [1.165, 1.54) is 17.8 Å². The summed E-state index contributed by atoms with van der Waals surface area (Å²) < 4.78 is 13.1. The third-order valence-electron chi connectivity index (χ3n) is 4.90. The van der Waals surface area contributed by atoms with Gasteiger partial charge in [0.15, 0.2) is 22.5 Å². The van der Waals surface area contributed by atoms with E-state index in [9.17, 15) is 9.59 Å². The van der Waals surface area contributed by atoms with Gasteiger partial charge >= 0.3 is 0 Å². The van der Waals surface area contributed by atoms with Gasteiger partial charge < -0.3 is 24.7 Å². The molecule has 0 saturated heterocycles. The van der Waals surface area contributed by atoms with E-state index in [2.05, 4.69) is 36.8 Å². The van der Waals surface area contributed by atoms with Crippen molar-refractivity contribution < 1.29 is 19.1 Å². The van der Waals surface area contributed by atoms with Gasteiger partial charge in [-0.3, -0.25) is 9.59 Å². The quantitative estimate of drug-likeness (QED) is 0.243. The molecule has 190 valence electrons. The molecule has 0 radical (unpaired) electrons. The second kappa shape index (κ2) is 13.3. The van der Waals surface area contributed by atoms with Crippen LogP contribution in [0.25, 0.3) is 6.08 Å².